The van der Waals surface area contributed by atoms with Gasteiger partial charge in [-0.15, -0.1) is 0 Å². The van der Waals surface area contributed by atoms with Crippen LogP contribution in [0.5, 0.6) is 5.75 Å². The van der Waals surface area contributed by atoms with E-state index in [0.717, 1.165) is 49.7 Å². The topological polar surface area (TPSA) is 38.8 Å². The monoisotopic (exact) mass is 405 g/mol. The van der Waals surface area contributed by atoms with Gasteiger partial charge >= 0.3 is 0 Å². The minimum atomic E-state index is -0.126. The van der Waals surface area contributed by atoms with Gasteiger partial charge in [0.25, 0.3) is 0 Å². The summed E-state index contributed by atoms with van der Waals surface area (Å²) >= 11 is 11.9. The second-order valence-electron chi connectivity index (χ2n) is 6.29. The molecule has 1 saturated heterocycles. The molecule has 0 spiro atoms. The Balaban J connectivity index is 1.75. The minimum absolute atomic E-state index is 0.126. The zero-order valence-electron chi connectivity index (χ0n) is 15.1. The summed E-state index contributed by atoms with van der Waals surface area (Å²) in [4.78, 5) is 14.7. The number of carbonyl (C=O) groups excluding carboxylic acids is 1. The van der Waals surface area contributed by atoms with Crippen molar-refractivity contribution in [1.82, 2.24) is 4.90 Å². The zero-order valence-corrected chi connectivity index (χ0v) is 16.6. The number of morpholine rings is 1. The second kappa shape index (κ2) is 9.38. The van der Waals surface area contributed by atoms with Gasteiger partial charge in [0.15, 0.2) is 5.78 Å². The third-order valence-corrected chi connectivity index (χ3v) is 5.17. The fourth-order valence-corrected chi connectivity index (χ4v) is 3.24. The average Bonchev–Trinajstić information content (AvgIpc) is 2.69. The molecular weight excluding hydrogens is 385 g/mol. The van der Waals surface area contributed by atoms with E-state index >= 15 is 0 Å². The molecule has 0 amide bonds. The number of rotatable bonds is 6. The van der Waals surface area contributed by atoms with E-state index in [0.29, 0.717) is 15.6 Å². The molecule has 2 aromatic rings. The van der Waals surface area contributed by atoms with Gasteiger partial charge in [0.2, 0.25) is 0 Å². The molecule has 27 heavy (non-hydrogen) atoms. The molecule has 0 saturated carbocycles. The molecule has 0 aromatic heterocycles. The number of ketones is 1. The van der Waals surface area contributed by atoms with Gasteiger partial charge < -0.3 is 9.47 Å². The molecule has 1 fully saturated rings. The maximum absolute atomic E-state index is 12.4. The molecule has 142 valence electrons. The summed E-state index contributed by atoms with van der Waals surface area (Å²) in [6.45, 7) is 4.09. The van der Waals surface area contributed by atoms with Gasteiger partial charge in [0.1, 0.15) is 5.75 Å². The van der Waals surface area contributed by atoms with Crippen LogP contribution in [0.25, 0.3) is 6.08 Å². The predicted molar refractivity (Wildman–Crippen MR) is 109 cm³/mol. The first-order chi connectivity index (χ1) is 13.1. The van der Waals surface area contributed by atoms with Crippen molar-refractivity contribution in [2.75, 3.05) is 33.4 Å². The van der Waals surface area contributed by atoms with Crippen molar-refractivity contribution in [2.45, 2.75) is 6.54 Å². The minimum Gasteiger partial charge on any atom is -0.496 e. The predicted octanol–water partition coefficient (Wildman–Crippen LogP) is 4.73. The molecule has 3 rings (SSSR count). The van der Waals surface area contributed by atoms with Crippen molar-refractivity contribution in [3.8, 4) is 5.75 Å². The number of carbonyl (C=O) groups is 1. The van der Waals surface area contributed by atoms with Gasteiger partial charge in [0.05, 0.1) is 30.4 Å². The van der Waals surface area contributed by atoms with Crippen LogP contribution < -0.4 is 4.74 Å². The average molecular weight is 406 g/mol. The molecule has 0 bridgehead atoms. The van der Waals surface area contributed by atoms with E-state index in [4.69, 9.17) is 32.7 Å². The Morgan fingerprint density at radius 2 is 1.93 bits per heavy atom. The van der Waals surface area contributed by atoms with Crippen LogP contribution in [0.3, 0.4) is 0 Å². The van der Waals surface area contributed by atoms with Gasteiger partial charge in [-0.3, -0.25) is 9.69 Å². The fourth-order valence-electron chi connectivity index (χ4n) is 2.94. The van der Waals surface area contributed by atoms with Gasteiger partial charge in [-0.25, -0.2) is 0 Å². The van der Waals surface area contributed by atoms with E-state index in [-0.39, 0.29) is 5.78 Å². The molecule has 4 nitrogen and oxygen atoms in total. The number of nitrogens with zero attached hydrogens (tertiary/aromatic N) is 1. The van der Waals surface area contributed by atoms with Crippen molar-refractivity contribution >= 4 is 35.1 Å². The number of hydrogen-bond acceptors (Lipinski definition) is 4. The third-order valence-electron chi connectivity index (χ3n) is 4.43. The maximum atomic E-state index is 12.4. The highest BCUT2D eigenvalue weighted by Gasteiger charge is 2.13. The largest absolute Gasteiger partial charge is 0.496 e. The van der Waals surface area contributed by atoms with Crippen LogP contribution in [-0.4, -0.2) is 44.1 Å². The van der Waals surface area contributed by atoms with Crippen LogP contribution in [0.1, 0.15) is 21.5 Å². The Hall–Kier alpha value is -1.85. The number of benzene rings is 2. The molecule has 1 aliphatic rings. The third kappa shape index (κ3) is 5.33. The Kier molecular flexibility index (Phi) is 6.91. The molecule has 1 heterocycles. The Morgan fingerprint density at radius 3 is 2.63 bits per heavy atom. The number of halogens is 2. The normalized spacial score (nSPS) is 15.2. The van der Waals surface area contributed by atoms with Crippen LogP contribution in [0.2, 0.25) is 10.0 Å². The van der Waals surface area contributed by atoms with E-state index in [1.165, 1.54) is 0 Å². The SMILES string of the molecule is COc1ccc(/C=C/C(=O)c2ccc(Cl)c(Cl)c2)cc1CN1CCOCC1. The van der Waals surface area contributed by atoms with Gasteiger partial charge in [-0.1, -0.05) is 35.3 Å². The lowest BCUT2D eigenvalue weighted by Crippen LogP contribution is -2.35. The summed E-state index contributed by atoms with van der Waals surface area (Å²) in [5.41, 5.74) is 2.53. The van der Waals surface area contributed by atoms with Crippen LogP contribution in [0.4, 0.5) is 0 Å². The summed E-state index contributed by atoms with van der Waals surface area (Å²) in [5, 5.41) is 0.799. The van der Waals surface area contributed by atoms with Gasteiger partial charge in [-0.05, 0) is 42.0 Å². The molecule has 0 atom stereocenters. The molecular formula is C21H21Cl2NO3. The van der Waals surface area contributed by atoms with Crippen molar-refractivity contribution in [2.24, 2.45) is 0 Å². The molecule has 0 unspecified atom stereocenters. The molecule has 0 radical (unpaired) electrons. The van der Waals surface area contributed by atoms with E-state index in [2.05, 4.69) is 4.90 Å². The first-order valence-corrected chi connectivity index (χ1v) is 9.47. The highest BCUT2D eigenvalue weighted by atomic mass is 35.5. The highest BCUT2D eigenvalue weighted by Crippen LogP contribution is 2.24. The Morgan fingerprint density at radius 1 is 1.15 bits per heavy atom. The first kappa shape index (κ1) is 19.9. The fraction of sp³-hybridized carbons (Fsp3) is 0.286. The van der Waals surface area contributed by atoms with Crippen molar-refractivity contribution in [1.29, 1.82) is 0 Å². The van der Waals surface area contributed by atoms with Crippen molar-refractivity contribution in [3.05, 3.63) is 69.2 Å². The summed E-state index contributed by atoms with van der Waals surface area (Å²) < 4.78 is 10.9. The first-order valence-electron chi connectivity index (χ1n) is 8.71. The quantitative estimate of drug-likeness (QED) is 0.514. The number of ether oxygens (including phenoxy) is 2. The van der Waals surface area contributed by atoms with Gasteiger partial charge in [-0.2, -0.15) is 0 Å². The maximum Gasteiger partial charge on any atom is 0.185 e. The van der Waals surface area contributed by atoms with Crippen LogP contribution in [-0.2, 0) is 11.3 Å². The molecule has 1 aliphatic heterocycles. The number of methoxy groups -OCH3 is 1. The lowest BCUT2D eigenvalue weighted by Gasteiger charge is -2.27. The van der Waals surface area contributed by atoms with E-state index in [1.54, 1.807) is 37.5 Å². The second-order valence-corrected chi connectivity index (χ2v) is 7.10. The Labute approximate surface area is 169 Å². The summed E-state index contributed by atoms with van der Waals surface area (Å²) in [6.07, 6.45) is 3.34. The van der Waals surface area contributed by atoms with Crippen LogP contribution in [0, 0.1) is 0 Å². The molecule has 0 N–H and O–H groups in total. The smallest absolute Gasteiger partial charge is 0.185 e. The van der Waals surface area contributed by atoms with Crippen molar-refractivity contribution < 1.29 is 14.3 Å². The number of allylic oxidation sites excluding steroid dienone is 1. The summed E-state index contributed by atoms with van der Waals surface area (Å²) in [7, 11) is 1.67. The molecule has 6 heteroatoms. The zero-order chi connectivity index (χ0) is 19.2. The van der Waals surface area contributed by atoms with Crippen LogP contribution in [0.15, 0.2) is 42.5 Å². The Bertz CT molecular complexity index is 845. The van der Waals surface area contributed by atoms with Gasteiger partial charge in [0, 0.05) is 30.8 Å². The lowest BCUT2D eigenvalue weighted by molar-refractivity contribution is 0.0339. The van der Waals surface area contributed by atoms with E-state index < -0.39 is 0 Å². The van der Waals surface area contributed by atoms with E-state index in [1.807, 2.05) is 18.2 Å². The standard InChI is InChI=1S/C21H21Cl2NO3/c1-26-21-7-3-15(12-17(21)14-24-8-10-27-11-9-24)2-6-20(25)16-4-5-18(22)19(23)13-16/h2-7,12-13H,8-11,14H2,1H3/b6-2+. The highest BCUT2D eigenvalue weighted by molar-refractivity contribution is 6.42. The summed E-state index contributed by atoms with van der Waals surface area (Å²) in [6, 6.07) is 10.8. The summed E-state index contributed by atoms with van der Waals surface area (Å²) in [5.74, 6) is 0.716. The number of hydrogen-bond donors (Lipinski definition) is 0. The lowest BCUT2D eigenvalue weighted by atomic mass is 10.1. The van der Waals surface area contributed by atoms with E-state index in [9.17, 15) is 4.79 Å². The van der Waals surface area contributed by atoms with Crippen LogP contribution >= 0.6 is 23.2 Å². The molecule has 2 aromatic carbocycles. The van der Waals surface area contributed by atoms with Crippen molar-refractivity contribution in [3.63, 3.8) is 0 Å². The molecule has 0 aliphatic carbocycles.